The lowest BCUT2D eigenvalue weighted by Gasteiger charge is -2.11. The number of carbonyl (C=O) groups is 2. The Morgan fingerprint density at radius 3 is 2.65 bits per heavy atom. The van der Waals surface area contributed by atoms with Crippen molar-refractivity contribution in [3.8, 4) is 5.75 Å². The summed E-state index contributed by atoms with van der Waals surface area (Å²) in [6.45, 7) is 1.30. The van der Waals surface area contributed by atoms with E-state index < -0.39 is 34.6 Å². The number of hydrogen-bond acceptors (Lipinski definition) is 8. The highest BCUT2D eigenvalue weighted by molar-refractivity contribution is 7.99. The van der Waals surface area contributed by atoms with Gasteiger partial charge in [0.2, 0.25) is 0 Å². The van der Waals surface area contributed by atoms with Gasteiger partial charge in [0.05, 0.1) is 18.6 Å². The number of esters is 1. The summed E-state index contributed by atoms with van der Waals surface area (Å²) in [6.07, 6.45) is 0. The largest absolute Gasteiger partial charge is 0.504 e. The number of halogens is 1. The van der Waals surface area contributed by atoms with Gasteiger partial charge in [-0.1, -0.05) is 11.8 Å². The van der Waals surface area contributed by atoms with E-state index in [-0.39, 0.29) is 17.3 Å². The van der Waals surface area contributed by atoms with Gasteiger partial charge in [-0.3, -0.25) is 14.4 Å². The third kappa shape index (κ3) is 3.99. The number of aromatic hydroxyl groups is 1. The summed E-state index contributed by atoms with van der Waals surface area (Å²) >= 11 is 1.08. The van der Waals surface area contributed by atoms with Gasteiger partial charge in [0, 0.05) is 7.05 Å². The quantitative estimate of drug-likeness (QED) is 0.576. The molecular weight excluding hydrogens is 367 g/mol. The first-order chi connectivity index (χ1) is 12.3. The Kier molecular flexibility index (Phi) is 5.93. The van der Waals surface area contributed by atoms with Crippen LogP contribution in [0.2, 0.25) is 0 Å². The maximum Gasteiger partial charge on any atom is 0.316 e. The zero-order valence-electron chi connectivity index (χ0n) is 14.1. The summed E-state index contributed by atoms with van der Waals surface area (Å²) in [5.41, 5.74) is -1.69. The van der Waals surface area contributed by atoms with Crippen molar-refractivity contribution in [3.05, 3.63) is 39.6 Å². The van der Waals surface area contributed by atoms with E-state index in [4.69, 9.17) is 0 Å². The van der Waals surface area contributed by atoms with Gasteiger partial charge in [0.25, 0.3) is 11.5 Å². The van der Waals surface area contributed by atoms with Crippen molar-refractivity contribution in [3.63, 3.8) is 0 Å². The molecule has 0 fully saturated rings. The van der Waals surface area contributed by atoms with E-state index in [9.17, 15) is 23.9 Å². The predicted molar refractivity (Wildman–Crippen MR) is 90.8 cm³/mol. The van der Waals surface area contributed by atoms with Gasteiger partial charge in [-0.2, -0.15) is 0 Å². The second kappa shape index (κ2) is 7.95. The van der Waals surface area contributed by atoms with Crippen LogP contribution in [-0.2, 0) is 16.6 Å². The van der Waals surface area contributed by atoms with Crippen LogP contribution in [-0.4, -0.2) is 44.6 Å². The molecule has 0 saturated carbocycles. The first kappa shape index (κ1) is 19.4. The van der Waals surface area contributed by atoms with E-state index >= 15 is 0 Å². The number of aromatic nitrogens is 3. The Labute approximate surface area is 151 Å². The molecule has 2 N–H and O–H groups in total. The van der Waals surface area contributed by atoms with Crippen LogP contribution in [0.3, 0.4) is 0 Å². The van der Waals surface area contributed by atoms with Gasteiger partial charge in [0.15, 0.2) is 17.4 Å². The van der Waals surface area contributed by atoms with Crippen molar-refractivity contribution in [1.82, 2.24) is 14.8 Å². The Balaban J connectivity index is 2.18. The fourth-order valence-corrected chi connectivity index (χ4v) is 2.54. The molecule has 0 aliphatic carbocycles. The molecule has 0 aromatic carbocycles. The molecule has 138 valence electrons. The van der Waals surface area contributed by atoms with Crippen LogP contribution in [0.5, 0.6) is 5.75 Å². The van der Waals surface area contributed by atoms with Crippen molar-refractivity contribution in [2.75, 3.05) is 18.2 Å². The Morgan fingerprint density at radius 2 is 2.08 bits per heavy atom. The van der Waals surface area contributed by atoms with Crippen molar-refractivity contribution >= 4 is 29.5 Å². The first-order valence-electron chi connectivity index (χ1n) is 7.19. The van der Waals surface area contributed by atoms with Gasteiger partial charge in [0.1, 0.15) is 10.6 Å². The SMILES string of the molecule is COC(=O)CSc1ccc(NC(=O)c2c(O)c(F)c(C)n(C)c2=O)nn1. The highest BCUT2D eigenvalue weighted by Gasteiger charge is 2.24. The predicted octanol–water partition coefficient (Wildman–Crippen LogP) is 0.846. The van der Waals surface area contributed by atoms with Gasteiger partial charge < -0.3 is 19.7 Å². The standard InChI is InChI=1S/C15H15FN4O5S/c1-7-12(16)13(22)11(15(24)20(7)2)14(23)17-8-4-5-9(19-18-8)26-6-10(21)25-3/h4-5,22H,6H2,1-3H3,(H,17,18,23). The number of thioether (sulfide) groups is 1. The van der Waals surface area contributed by atoms with Crippen LogP contribution in [0.4, 0.5) is 10.2 Å². The second-order valence-corrected chi connectivity index (χ2v) is 6.06. The number of anilines is 1. The van der Waals surface area contributed by atoms with Crippen LogP contribution in [0, 0.1) is 12.7 Å². The number of carbonyl (C=O) groups excluding carboxylic acids is 2. The summed E-state index contributed by atoms with van der Waals surface area (Å²) in [5, 5.41) is 20.0. The number of amides is 1. The molecule has 2 aromatic rings. The van der Waals surface area contributed by atoms with Gasteiger partial charge in [-0.25, -0.2) is 4.39 Å². The molecule has 9 nitrogen and oxygen atoms in total. The molecule has 0 aliphatic heterocycles. The summed E-state index contributed by atoms with van der Waals surface area (Å²) in [5.74, 6) is -3.50. The highest BCUT2D eigenvalue weighted by atomic mass is 32.2. The van der Waals surface area contributed by atoms with E-state index in [1.54, 1.807) is 0 Å². The molecular formula is C15H15FN4O5S. The monoisotopic (exact) mass is 382 g/mol. The maximum atomic E-state index is 13.9. The van der Waals surface area contributed by atoms with E-state index in [0.717, 1.165) is 16.3 Å². The molecule has 0 saturated heterocycles. The highest BCUT2D eigenvalue weighted by Crippen LogP contribution is 2.22. The molecule has 26 heavy (non-hydrogen) atoms. The van der Waals surface area contributed by atoms with Gasteiger partial charge >= 0.3 is 5.97 Å². The Morgan fingerprint density at radius 1 is 1.38 bits per heavy atom. The maximum absolute atomic E-state index is 13.9. The van der Waals surface area contributed by atoms with Crippen LogP contribution in [0.1, 0.15) is 16.1 Å². The Bertz CT molecular complexity index is 914. The van der Waals surface area contributed by atoms with Crippen LogP contribution < -0.4 is 10.9 Å². The number of ether oxygens (including phenoxy) is 1. The lowest BCUT2D eigenvalue weighted by Crippen LogP contribution is -2.30. The number of pyridine rings is 1. The fraction of sp³-hybridized carbons (Fsp3) is 0.267. The van der Waals surface area contributed by atoms with Crippen LogP contribution >= 0.6 is 11.8 Å². The molecule has 2 rings (SSSR count). The lowest BCUT2D eigenvalue weighted by molar-refractivity contribution is -0.137. The third-order valence-corrected chi connectivity index (χ3v) is 4.35. The minimum Gasteiger partial charge on any atom is -0.504 e. The van der Waals surface area contributed by atoms with E-state index in [2.05, 4.69) is 20.3 Å². The van der Waals surface area contributed by atoms with E-state index in [1.807, 2.05) is 0 Å². The van der Waals surface area contributed by atoms with Crippen molar-refractivity contribution in [1.29, 1.82) is 0 Å². The minimum absolute atomic E-state index is 0.0140. The third-order valence-electron chi connectivity index (χ3n) is 3.46. The minimum atomic E-state index is -1.06. The van der Waals surface area contributed by atoms with E-state index in [1.165, 1.54) is 33.2 Å². The van der Waals surface area contributed by atoms with Gasteiger partial charge in [-0.05, 0) is 19.1 Å². The van der Waals surface area contributed by atoms with Crippen molar-refractivity contribution < 1.29 is 23.8 Å². The number of hydrogen-bond donors (Lipinski definition) is 2. The molecule has 11 heteroatoms. The molecule has 0 atom stereocenters. The summed E-state index contributed by atoms with van der Waals surface area (Å²) in [7, 11) is 2.55. The average molecular weight is 382 g/mol. The van der Waals surface area contributed by atoms with Crippen LogP contribution in [0.15, 0.2) is 22.0 Å². The van der Waals surface area contributed by atoms with Crippen molar-refractivity contribution in [2.45, 2.75) is 11.9 Å². The molecule has 2 heterocycles. The fourth-order valence-electron chi connectivity index (χ4n) is 1.89. The number of rotatable bonds is 5. The molecule has 1 amide bonds. The molecule has 2 aromatic heterocycles. The topological polar surface area (TPSA) is 123 Å². The van der Waals surface area contributed by atoms with Crippen molar-refractivity contribution in [2.24, 2.45) is 7.05 Å². The Hall–Kier alpha value is -2.95. The summed E-state index contributed by atoms with van der Waals surface area (Å²) < 4.78 is 19.3. The summed E-state index contributed by atoms with van der Waals surface area (Å²) in [6, 6.07) is 2.88. The van der Waals surface area contributed by atoms with Gasteiger partial charge in [-0.15, -0.1) is 10.2 Å². The molecule has 0 spiro atoms. The van der Waals surface area contributed by atoms with Crippen LogP contribution in [0.25, 0.3) is 0 Å². The molecule has 0 bridgehead atoms. The number of methoxy groups -OCH3 is 1. The first-order valence-corrected chi connectivity index (χ1v) is 8.17. The van der Waals surface area contributed by atoms with E-state index in [0.29, 0.717) is 5.03 Å². The normalized spacial score (nSPS) is 10.5. The molecule has 0 unspecified atom stereocenters. The zero-order valence-corrected chi connectivity index (χ0v) is 14.9. The second-order valence-electron chi connectivity index (χ2n) is 5.06. The smallest absolute Gasteiger partial charge is 0.316 e. The summed E-state index contributed by atoms with van der Waals surface area (Å²) in [4.78, 5) is 35.4. The average Bonchev–Trinajstić information content (AvgIpc) is 2.64. The molecule has 0 radical (unpaired) electrons. The molecule has 0 aliphatic rings. The number of nitrogens with zero attached hydrogens (tertiary/aromatic N) is 3. The number of nitrogens with one attached hydrogen (secondary N) is 1. The lowest BCUT2D eigenvalue weighted by atomic mass is 10.2. The zero-order chi connectivity index (χ0) is 19.4.